The second-order valence-corrected chi connectivity index (χ2v) is 3.90. The molecule has 0 atom stereocenters. The Balaban J connectivity index is 2.07. The van der Waals surface area contributed by atoms with Crippen LogP contribution in [0.2, 0.25) is 5.02 Å². The van der Waals surface area contributed by atoms with Crippen molar-refractivity contribution in [1.29, 1.82) is 0 Å². The Morgan fingerprint density at radius 1 is 1.00 bits per heavy atom. The first kappa shape index (κ1) is 12.8. The number of thiol groups is 1. The highest BCUT2D eigenvalue weighted by Crippen LogP contribution is 2.09. The highest BCUT2D eigenvalue weighted by atomic mass is 35.5. The van der Waals surface area contributed by atoms with Gasteiger partial charge in [0.05, 0.1) is 26.4 Å². The normalized spacial score (nSPS) is 10.5. The van der Waals surface area contributed by atoms with Gasteiger partial charge in [-0.25, -0.2) is 0 Å². The molecule has 4 heteroatoms. The molecule has 15 heavy (non-hydrogen) atoms. The van der Waals surface area contributed by atoms with Crippen LogP contribution in [0.3, 0.4) is 0 Å². The minimum absolute atomic E-state index is 0.599. The van der Waals surface area contributed by atoms with Gasteiger partial charge in [-0.3, -0.25) is 0 Å². The third-order valence-corrected chi connectivity index (χ3v) is 2.22. The van der Waals surface area contributed by atoms with Crippen LogP contribution in [-0.2, 0) is 16.1 Å². The Bertz CT molecular complexity index is 264. The van der Waals surface area contributed by atoms with E-state index in [2.05, 4.69) is 12.6 Å². The van der Waals surface area contributed by atoms with E-state index in [-0.39, 0.29) is 0 Å². The molecular weight excluding hydrogens is 232 g/mol. The van der Waals surface area contributed by atoms with Crippen LogP contribution in [0.1, 0.15) is 5.56 Å². The van der Waals surface area contributed by atoms with Crippen molar-refractivity contribution in [2.24, 2.45) is 0 Å². The Kier molecular flexibility index (Phi) is 6.85. The standard InChI is InChI=1S/C11H15ClO2S/c12-11-3-1-10(2-4-11)9-14-6-5-13-7-8-15/h1-4,15H,5-9H2. The number of hydrogen-bond donors (Lipinski definition) is 1. The van der Waals surface area contributed by atoms with E-state index < -0.39 is 0 Å². The topological polar surface area (TPSA) is 18.5 Å². The summed E-state index contributed by atoms with van der Waals surface area (Å²) in [5.41, 5.74) is 1.12. The van der Waals surface area contributed by atoms with Crippen LogP contribution in [0.4, 0.5) is 0 Å². The molecule has 0 aliphatic rings. The second-order valence-electron chi connectivity index (χ2n) is 3.02. The summed E-state index contributed by atoms with van der Waals surface area (Å²) in [6.07, 6.45) is 0. The zero-order valence-corrected chi connectivity index (χ0v) is 10.1. The largest absolute Gasteiger partial charge is 0.378 e. The van der Waals surface area contributed by atoms with Crippen LogP contribution in [-0.4, -0.2) is 25.6 Å². The quantitative estimate of drug-likeness (QED) is 0.589. The van der Waals surface area contributed by atoms with Crippen LogP contribution in [0.25, 0.3) is 0 Å². The van der Waals surface area contributed by atoms with Gasteiger partial charge in [0, 0.05) is 10.8 Å². The Morgan fingerprint density at radius 2 is 1.67 bits per heavy atom. The van der Waals surface area contributed by atoms with Crippen LogP contribution < -0.4 is 0 Å². The van der Waals surface area contributed by atoms with Crippen molar-refractivity contribution in [3.8, 4) is 0 Å². The molecule has 0 aliphatic heterocycles. The van der Waals surface area contributed by atoms with Gasteiger partial charge in [0.15, 0.2) is 0 Å². The van der Waals surface area contributed by atoms with Crippen molar-refractivity contribution >= 4 is 24.2 Å². The van der Waals surface area contributed by atoms with E-state index in [4.69, 9.17) is 21.1 Å². The fourth-order valence-electron chi connectivity index (χ4n) is 1.06. The average Bonchev–Trinajstić information content (AvgIpc) is 2.26. The first-order chi connectivity index (χ1) is 7.33. The number of ether oxygens (including phenoxy) is 2. The van der Waals surface area contributed by atoms with E-state index >= 15 is 0 Å². The maximum absolute atomic E-state index is 5.76. The van der Waals surface area contributed by atoms with Crippen LogP contribution in [0, 0.1) is 0 Å². The van der Waals surface area contributed by atoms with E-state index in [0.717, 1.165) is 16.3 Å². The molecule has 84 valence electrons. The molecule has 0 fully saturated rings. The van der Waals surface area contributed by atoms with Gasteiger partial charge in [0.1, 0.15) is 0 Å². The zero-order valence-electron chi connectivity index (χ0n) is 8.49. The predicted octanol–water partition coefficient (Wildman–Crippen LogP) is 2.80. The van der Waals surface area contributed by atoms with Crippen molar-refractivity contribution in [3.05, 3.63) is 34.9 Å². The summed E-state index contributed by atoms with van der Waals surface area (Å²) in [6, 6.07) is 7.63. The van der Waals surface area contributed by atoms with E-state index in [1.165, 1.54) is 0 Å². The summed E-state index contributed by atoms with van der Waals surface area (Å²) in [7, 11) is 0. The summed E-state index contributed by atoms with van der Waals surface area (Å²) in [5.74, 6) is 0.747. The minimum atomic E-state index is 0.599. The van der Waals surface area contributed by atoms with E-state index in [1.54, 1.807) is 0 Å². The summed E-state index contributed by atoms with van der Waals surface area (Å²) in [5, 5.41) is 0.746. The number of hydrogen-bond acceptors (Lipinski definition) is 3. The van der Waals surface area contributed by atoms with Crippen LogP contribution in [0.15, 0.2) is 24.3 Å². The molecule has 1 aromatic carbocycles. The highest BCUT2D eigenvalue weighted by molar-refractivity contribution is 7.80. The summed E-state index contributed by atoms with van der Waals surface area (Å²) in [4.78, 5) is 0. The number of halogens is 1. The molecule has 0 amide bonds. The second kappa shape index (κ2) is 7.99. The van der Waals surface area contributed by atoms with Crippen LogP contribution >= 0.6 is 24.2 Å². The van der Waals surface area contributed by atoms with Gasteiger partial charge >= 0.3 is 0 Å². The fourth-order valence-corrected chi connectivity index (χ4v) is 1.31. The lowest BCUT2D eigenvalue weighted by atomic mass is 10.2. The van der Waals surface area contributed by atoms with Crippen LogP contribution in [0.5, 0.6) is 0 Å². The Labute approximate surface area is 101 Å². The molecule has 0 bridgehead atoms. The van der Waals surface area contributed by atoms with E-state index in [9.17, 15) is 0 Å². The predicted molar refractivity (Wildman–Crippen MR) is 65.8 cm³/mol. The maximum atomic E-state index is 5.76. The molecule has 0 aromatic heterocycles. The number of benzene rings is 1. The summed E-state index contributed by atoms with van der Waals surface area (Å²) in [6.45, 7) is 2.50. The van der Waals surface area contributed by atoms with Crippen molar-refractivity contribution in [2.75, 3.05) is 25.6 Å². The monoisotopic (exact) mass is 246 g/mol. The smallest absolute Gasteiger partial charge is 0.0718 e. The molecule has 1 aromatic rings. The third-order valence-electron chi connectivity index (χ3n) is 1.79. The minimum Gasteiger partial charge on any atom is -0.378 e. The molecule has 0 saturated heterocycles. The van der Waals surface area contributed by atoms with E-state index in [1.807, 2.05) is 24.3 Å². The molecular formula is C11H15ClO2S. The average molecular weight is 247 g/mol. The van der Waals surface area contributed by atoms with Crippen molar-refractivity contribution < 1.29 is 9.47 Å². The Morgan fingerprint density at radius 3 is 2.33 bits per heavy atom. The van der Waals surface area contributed by atoms with Gasteiger partial charge in [0.2, 0.25) is 0 Å². The SMILES string of the molecule is SCCOCCOCc1ccc(Cl)cc1. The molecule has 1 rings (SSSR count). The molecule has 0 heterocycles. The lowest BCUT2D eigenvalue weighted by Crippen LogP contribution is -2.05. The van der Waals surface area contributed by atoms with Gasteiger partial charge in [-0.05, 0) is 17.7 Å². The molecule has 0 N–H and O–H groups in total. The molecule has 0 radical (unpaired) electrons. The highest BCUT2D eigenvalue weighted by Gasteiger charge is 1.93. The molecule has 0 unspecified atom stereocenters. The van der Waals surface area contributed by atoms with Gasteiger partial charge < -0.3 is 9.47 Å². The van der Waals surface area contributed by atoms with Gasteiger partial charge in [-0.1, -0.05) is 23.7 Å². The zero-order chi connectivity index (χ0) is 10.9. The fraction of sp³-hybridized carbons (Fsp3) is 0.455. The Hall–Kier alpha value is -0.220. The lowest BCUT2D eigenvalue weighted by Gasteiger charge is -2.04. The summed E-state index contributed by atoms with van der Waals surface area (Å²) >= 11 is 9.80. The molecule has 2 nitrogen and oxygen atoms in total. The molecule has 0 aliphatic carbocycles. The first-order valence-electron chi connectivity index (χ1n) is 4.83. The molecule has 0 spiro atoms. The maximum Gasteiger partial charge on any atom is 0.0718 e. The van der Waals surface area contributed by atoms with Gasteiger partial charge in [-0.15, -0.1) is 0 Å². The van der Waals surface area contributed by atoms with E-state index in [0.29, 0.717) is 26.4 Å². The third kappa shape index (κ3) is 6.05. The lowest BCUT2D eigenvalue weighted by molar-refractivity contribution is 0.0462. The summed E-state index contributed by atoms with van der Waals surface area (Å²) < 4.78 is 10.6. The molecule has 0 saturated carbocycles. The van der Waals surface area contributed by atoms with Crippen molar-refractivity contribution in [3.63, 3.8) is 0 Å². The first-order valence-corrected chi connectivity index (χ1v) is 5.85. The van der Waals surface area contributed by atoms with Gasteiger partial charge in [-0.2, -0.15) is 12.6 Å². The van der Waals surface area contributed by atoms with Gasteiger partial charge in [0.25, 0.3) is 0 Å². The number of rotatable bonds is 7. The van der Waals surface area contributed by atoms with Crippen molar-refractivity contribution in [1.82, 2.24) is 0 Å². The van der Waals surface area contributed by atoms with Crippen molar-refractivity contribution in [2.45, 2.75) is 6.61 Å².